The van der Waals surface area contributed by atoms with Crippen LogP contribution < -0.4 is 10.2 Å². The van der Waals surface area contributed by atoms with Gasteiger partial charge in [0.05, 0.1) is 39.9 Å². The van der Waals surface area contributed by atoms with Crippen molar-refractivity contribution in [3.05, 3.63) is 48.6 Å². The highest BCUT2D eigenvalue weighted by Gasteiger charge is 2.23. The zero-order chi connectivity index (χ0) is 44.3. The first kappa shape index (κ1) is 58.5. The SMILES string of the molecule is CCCCCCCC/C=C\CCCCCC(=O)NC(COP(=O)([O-])OCC[N+](C)(C)C)C(O)/C=C/CC/C=C/CC/C=C/CCCCCCCCCCCCCCCCC. The fourth-order valence-corrected chi connectivity index (χ4v) is 7.73. The number of hydrogen-bond acceptors (Lipinski definition) is 6. The lowest BCUT2D eigenvalue weighted by Gasteiger charge is -2.29. The molecule has 1 amide bonds. The van der Waals surface area contributed by atoms with Crippen molar-refractivity contribution in [2.45, 2.75) is 231 Å². The van der Waals surface area contributed by atoms with Gasteiger partial charge in [-0.15, -0.1) is 0 Å². The van der Waals surface area contributed by atoms with E-state index in [0.717, 1.165) is 57.8 Å². The molecule has 0 aliphatic carbocycles. The second-order valence-electron chi connectivity index (χ2n) is 18.1. The van der Waals surface area contributed by atoms with Gasteiger partial charge in [0.1, 0.15) is 13.2 Å². The van der Waals surface area contributed by atoms with E-state index in [0.29, 0.717) is 17.4 Å². The molecular weight excluding hydrogens is 768 g/mol. The molecule has 8 nitrogen and oxygen atoms in total. The van der Waals surface area contributed by atoms with E-state index >= 15 is 0 Å². The monoisotopic (exact) mass is 865 g/mol. The fraction of sp³-hybridized carbons (Fsp3) is 0.824. The molecule has 0 spiro atoms. The molecular formula is C51H97N2O6P. The predicted molar refractivity (Wildman–Crippen MR) is 256 cm³/mol. The van der Waals surface area contributed by atoms with E-state index in [1.165, 1.54) is 141 Å². The number of phosphoric ester groups is 1. The van der Waals surface area contributed by atoms with Gasteiger partial charge in [-0.2, -0.15) is 0 Å². The lowest BCUT2D eigenvalue weighted by molar-refractivity contribution is -0.870. The van der Waals surface area contributed by atoms with Crippen LogP contribution >= 0.6 is 7.82 Å². The van der Waals surface area contributed by atoms with Gasteiger partial charge in [-0.1, -0.05) is 191 Å². The number of nitrogens with zero attached hydrogens (tertiary/aromatic N) is 1. The molecule has 0 aromatic heterocycles. The summed E-state index contributed by atoms with van der Waals surface area (Å²) in [4.78, 5) is 25.3. The highest BCUT2D eigenvalue weighted by atomic mass is 31.2. The highest BCUT2D eigenvalue weighted by Crippen LogP contribution is 2.38. The van der Waals surface area contributed by atoms with E-state index in [9.17, 15) is 19.4 Å². The largest absolute Gasteiger partial charge is 0.756 e. The minimum Gasteiger partial charge on any atom is -0.756 e. The van der Waals surface area contributed by atoms with Crippen LogP contribution in [-0.4, -0.2) is 68.5 Å². The number of carbonyl (C=O) groups is 1. The highest BCUT2D eigenvalue weighted by molar-refractivity contribution is 7.45. The molecule has 0 heterocycles. The number of aliphatic hydroxyl groups excluding tert-OH is 1. The third-order valence-electron chi connectivity index (χ3n) is 11.0. The Morgan fingerprint density at radius 1 is 0.567 bits per heavy atom. The summed E-state index contributed by atoms with van der Waals surface area (Å²) in [6, 6.07) is -0.917. The lowest BCUT2D eigenvalue weighted by atomic mass is 10.0. The summed E-state index contributed by atoms with van der Waals surface area (Å²) in [5.41, 5.74) is 0. The molecule has 0 saturated carbocycles. The number of unbranched alkanes of at least 4 members (excludes halogenated alkanes) is 26. The average Bonchev–Trinajstić information content (AvgIpc) is 3.20. The van der Waals surface area contributed by atoms with Crippen molar-refractivity contribution >= 4 is 13.7 Å². The van der Waals surface area contributed by atoms with Gasteiger partial charge in [0.25, 0.3) is 7.82 Å². The number of likely N-dealkylation sites (N-methyl/N-ethyl adjacent to an activating group) is 1. The number of amides is 1. The van der Waals surface area contributed by atoms with Crippen LogP contribution in [0.2, 0.25) is 0 Å². The summed E-state index contributed by atoms with van der Waals surface area (Å²) in [7, 11) is 1.22. The second kappa shape index (κ2) is 42.7. The Morgan fingerprint density at radius 3 is 1.35 bits per heavy atom. The molecule has 60 heavy (non-hydrogen) atoms. The summed E-state index contributed by atoms with van der Waals surface area (Å²) in [6.07, 6.45) is 54.7. The molecule has 0 rings (SSSR count). The van der Waals surface area contributed by atoms with Crippen LogP contribution in [-0.2, 0) is 18.4 Å². The standard InChI is InChI=1S/C51H97N2O6P/c1-6-8-10-12-14-16-18-20-21-22-23-24-25-26-27-28-29-30-31-33-34-36-38-40-42-44-50(54)49(48-59-60(56,57)58-47-46-53(3,4)5)52-51(55)45-43-41-39-37-35-32-19-17-15-13-11-9-7-2/h29-30,32,34-36,42,44,49-50,54H,6-28,31,33,37-41,43,45-48H2,1-5H3,(H-,52,55,56,57)/b30-29+,35-32-,36-34+,44-42+. The normalized spacial score (nSPS) is 14.6. The van der Waals surface area contributed by atoms with Gasteiger partial charge >= 0.3 is 0 Å². The van der Waals surface area contributed by atoms with Crippen LogP contribution in [0.5, 0.6) is 0 Å². The molecule has 0 radical (unpaired) electrons. The van der Waals surface area contributed by atoms with Gasteiger partial charge < -0.3 is 28.8 Å². The van der Waals surface area contributed by atoms with Crippen LogP contribution in [0.3, 0.4) is 0 Å². The maximum Gasteiger partial charge on any atom is 0.268 e. The first-order valence-electron chi connectivity index (χ1n) is 25.0. The quantitative estimate of drug-likeness (QED) is 0.0273. The van der Waals surface area contributed by atoms with Gasteiger partial charge in [0.15, 0.2) is 0 Å². The second-order valence-corrected chi connectivity index (χ2v) is 19.6. The molecule has 0 aromatic rings. The zero-order valence-corrected chi connectivity index (χ0v) is 40.8. The number of phosphoric acid groups is 1. The summed E-state index contributed by atoms with van der Waals surface area (Å²) in [6.45, 7) is 4.60. The van der Waals surface area contributed by atoms with Gasteiger partial charge in [-0.3, -0.25) is 9.36 Å². The summed E-state index contributed by atoms with van der Waals surface area (Å²) in [5.74, 6) is -0.229. The van der Waals surface area contributed by atoms with Gasteiger partial charge in [0.2, 0.25) is 5.91 Å². The fourth-order valence-electron chi connectivity index (χ4n) is 7.00. The molecule has 0 aliphatic heterocycles. The topological polar surface area (TPSA) is 108 Å². The molecule has 9 heteroatoms. The number of rotatable bonds is 45. The van der Waals surface area contributed by atoms with Crippen molar-refractivity contribution in [3.8, 4) is 0 Å². The molecule has 0 fully saturated rings. The summed E-state index contributed by atoms with van der Waals surface area (Å²) in [5, 5.41) is 13.8. The number of quaternary nitrogens is 1. The number of carbonyl (C=O) groups excluding carboxylic acids is 1. The molecule has 0 aliphatic rings. The molecule has 352 valence electrons. The van der Waals surface area contributed by atoms with Crippen molar-refractivity contribution < 1.29 is 32.9 Å². The maximum absolute atomic E-state index is 12.8. The minimum absolute atomic E-state index is 0.0125. The Bertz CT molecular complexity index is 1120. The van der Waals surface area contributed by atoms with Gasteiger partial charge in [-0.05, 0) is 70.6 Å². The number of hydrogen-bond donors (Lipinski definition) is 2. The van der Waals surface area contributed by atoms with E-state index in [1.54, 1.807) is 6.08 Å². The van der Waals surface area contributed by atoms with Crippen LogP contribution in [0.4, 0.5) is 0 Å². The van der Waals surface area contributed by atoms with Crippen molar-refractivity contribution in [1.29, 1.82) is 0 Å². The Kier molecular flexibility index (Phi) is 41.6. The van der Waals surface area contributed by atoms with E-state index in [-0.39, 0.29) is 12.5 Å². The predicted octanol–water partition coefficient (Wildman–Crippen LogP) is 13.8. The number of allylic oxidation sites excluding steroid dienone is 7. The molecule has 0 saturated heterocycles. The smallest absolute Gasteiger partial charge is 0.268 e. The van der Waals surface area contributed by atoms with Crippen LogP contribution in [0, 0.1) is 0 Å². The Morgan fingerprint density at radius 2 is 0.933 bits per heavy atom. The van der Waals surface area contributed by atoms with Crippen molar-refractivity contribution in [3.63, 3.8) is 0 Å². The average molecular weight is 865 g/mol. The minimum atomic E-state index is -4.61. The summed E-state index contributed by atoms with van der Waals surface area (Å²) < 4.78 is 23.2. The first-order valence-corrected chi connectivity index (χ1v) is 26.5. The van der Waals surface area contributed by atoms with E-state index < -0.39 is 26.6 Å². The van der Waals surface area contributed by atoms with Gasteiger partial charge in [-0.25, -0.2) is 0 Å². The van der Waals surface area contributed by atoms with E-state index in [4.69, 9.17) is 9.05 Å². The van der Waals surface area contributed by atoms with Crippen molar-refractivity contribution in [2.75, 3.05) is 40.9 Å². The Hall–Kier alpha value is -1.54. The summed E-state index contributed by atoms with van der Waals surface area (Å²) >= 11 is 0. The molecule has 0 aromatic carbocycles. The lowest BCUT2D eigenvalue weighted by Crippen LogP contribution is -2.45. The van der Waals surface area contributed by atoms with E-state index in [2.05, 4.69) is 55.6 Å². The van der Waals surface area contributed by atoms with Crippen LogP contribution in [0.15, 0.2) is 48.6 Å². The van der Waals surface area contributed by atoms with Crippen molar-refractivity contribution in [1.82, 2.24) is 5.32 Å². The van der Waals surface area contributed by atoms with Crippen LogP contribution in [0.25, 0.3) is 0 Å². The van der Waals surface area contributed by atoms with Gasteiger partial charge in [0, 0.05) is 6.42 Å². The van der Waals surface area contributed by atoms with E-state index in [1.807, 2.05) is 27.2 Å². The maximum atomic E-state index is 12.8. The molecule has 0 bridgehead atoms. The third kappa shape index (κ3) is 44.5. The number of aliphatic hydroxyl groups is 1. The molecule has 2 N–H and O–H groups in total. The third-order valence-corrected chi connectivity index (χ3v) is 12.0. The Balaban J connectivity index is 4.37. The zero-order valence-electron chi connectivity index (χ0n) is 39.9. The number of nitrogens with one attached hydrogen (secondary N) is 1. The molecule has 3 unspecified atom stereocenters. The first-order chi connectivity index (χ1) is 29.0. The van der Waals surface area contributed by atoms with Crippen LogP contribution in [0.1, 0.15) is 219 Å². The van der Waals surface area contributed by atoms with Crippen molar-refractivity contribution in [2.24, 2.45) is 0 Å². The molecule has 3 atom stereocenters. The Labute approximate surface area is 371 Å².